The van der Waals surface area contributed by atoms with Gasteiger partial charge in [-0.1, -0.05) is 0 Å². The third-order valence-corrected chi connectivity index (χ3v) is 3.99. The second-order valence-corrected chi connectivity index (χ2v) is 5.91. The predicted molar refractivity (Wildman–Crippen MR) is 77.2 cm³/mol. The third-order valence-electron chi connectivity index (χ3n) is 3.27. The molecule has 1 aliphatic rings. The minimum Gasteiger partial charge on any atom is -0.337 e. The second-order valence-electron chi connectivity index (χ2n) is 4.66. The van der Waals surface area contributed by atoms with Crippen molar-refractivity contribution in [2.24, 2.45) is 0 Å². The summed E-state index contributed by atoms with van der Waals surface area (Å²) in [6.07, 6.45) is 1.07. The highest BCUT2D eigenvalue weighted by Gasteiger charge is 2.27. The number of likely N-dealkylation sites (tertiary alicyclic amines) is 1. The van der Waals surface area contributed by atoms with Crippen LogP contribution in [0.5, 0.6) is 0 Å². The molecule has 17 heavy (non-hydrogen) atoms. The fraction of sp³-hybridized carbons (Fsp3) is 0.462. The van der Waals surface area contributed by atoms with Gasteiger partial charge in [0.1, 0.15) is 0 Å². The number of halogens is 1. The van der Waals surface area contributed by atoms with E-state index in [4.69, 9.17) is 0 Å². The van der Waals surface area contributed by atoms with Crippen LogP contribution in [-0.4, -0.2) is 48.9 Å². The lowest BCUT2D eigenvalue weighted by Crippen LogP contribution is -2.34. The fourth-order valence-electron chi connectivity index (χ4n) is 2.12. The average molecular weight is 344 g/mol. The molecule has 0 N–H and O–H groups in total. The van der Waals surface area contributed by atoms with Gasteiger partial charge in [-0.25, -0.2) is 0 Å². The first-order valence-electron chi connectivity index (χ1n) is 5.79. The van der Waals surface area contributed by atoms with Crippen LogP contribution in [0.4, 0.5) is 0 Å². The van der Waals surface area contributed by atoms with Gasteiger partial charge in [0.05, 0.1) is 0 Å². The molecule has 0 aliphatic carbocycles. The van der Waals surface area contributed by atoms with Crippen molar-refractivity contribution in [2.45, 2.75) is 12.5 Å². The number of nitrogens with zero attached hydrogens (tertiary/aromatic N) is 2. The molecule has 0 saturated carbocycles. The maximum atomic E-state index is 12.2. The molecule has 3 nitrogen and oxygen atoms in total. The first kappa shape index (κ1) is 12.8. The van der Waals surface area contributed by atoms with E-state index < -0.39 is 0 Å². The first-order valence-corrected chi connectivity index (χ1v) is 6.87. The van der Waals surface area contributed by atoms with Gasteiger partial charge in [0.2, 0.25) is 0 Å². The van der Waals surface area contributed by atoms with Gasteiger partial charge in [0.15, 0.2) is 0 Å². The number of hydrogen-bond donors (Lipinski definition) is 0. The molecule has 0 aromatic heterocycles. The standard InChI is InChI=1S/C13H17IN2O/c1-15(2)12-7-8-16(9-12)13(17)10-3-5-11(14)6-4-10/h3-6,12H,7-9H2,1-2H3/t12-/m1/s1. The first-order chi connectivity index (χ1) is 8.08. The van der Waals surface area contributed by atoms with Crippen LogP contribution in [0.3, 0.4) is 0 Å². The van der Waals surface area contributed by atoms with Crippen molar-refractivity contribution in [1.82, 2.24) is 9.80 Å². The van der Waals surface area contributed by atoms with Crippen LogP contribution in [0, 0.1) is 3.57 Å². The van der Waals surface area contributed by atoms with Gasteiger partial charge in [-0.2, -0.15) is 0 Å². The second kappa shape index (κ2) is 5.35. The number of carbonyl (C=O) groups excluding carboxylic acids is 1. The molecule has 1 atom stereocenters. The zero-order valence-corrected chi connectivity index (χ0v) is 12.3. The molecule has 1 fully saturated rings. The Morgan fingerprint density at radius 1 is 1.35 bits per heavy atom. The normalized spacial score (nSPS) is 20.0. The molecule has 1 saturated heterocycles. The Hall–Kier alpha value is -0.620. The van der Waals surface area contributed by atoms with Crippen LogP contribution in [-0.2, 0) is 0 Å². The van der Waals surface area contributed by atoms with E-state index in [1.807, 2.05) is 29.2 Å². The van der Waals surface area contributed by atoms with Gasteiger partial charge < -0.3 is 9.80 Å². The van der Waals surface area contributed by atoms with E-state index in [1.165, 1.54) is 0 Å². The molecule has 0 radical (unpaired) electrons. The van der Waals surface area contributed by atoms with E-state index >= 15 is 0 Å². The van der Waals surface area contributed by atoms with Crippen molar-refractivity contribution >= 4 is 28.5 Å². The Labute approximate surface area is 116 Å². The largest absolute Gasteiger partial charge is 0.337 e. The van der Waals surface area contributed by atoms with Crippen LogP contribution in [0.25, 0.3) is 0 Å². The molecule has 1 amide bonds. The maximum absolute atomic E-state index is 12.2. The number of likely N-dealkylation sites (N-methyl/N-ethyl adjacent to an activating group) is 1. The van der Waals surface area contributed by atoms with Crippen molar-refractivity contribution in [3.05, 3.63) is 33.4 Å². The Morgan fingerprint density at radius 2 is 2.00 bits per heavy atom. The Kier molecular flexibility index (Phi) is 4.04. The van der Waals surface area contributed by atoms with Crippen molar-refractivity contribution in [1.29, 1.82) is 0 Å². The zero-order valence-electron chi connectivity index (χ0n) is 10.2. The summed E-state index contributed by atoms with van der Waals surface area (Å²) >= 11 is 2.25. The van der Waals surface area contributed by atoms with Crippen LogP contribution < -0.4 is 0 Å². The van der Waals surface area contributed by atoms with Crippen LogP contribution in [0.15, 0.2) is 24.3 Å². The lowest BCUT2D eigenvalue weighted by atomic mass is 10.2. The summed E-state index contributed by atoms with van der Waals surface area (Å²) < 4.78 is 1.16. The summed E-state index contributed by atoms with van der Waals surface area (Å²) in [5, 5.41) is 0. The van der Waals surface area contributed by atoms with Crippen molar-refractivity contribution < 1.29 is 4.79 Å². The predicted octanol–water partition coefficient (Wildman–Crippen LogP) is 2.07. The lowest BCUT2D eigenvalue weighted by Gasteiger charge is -2.20. The number of carbonyl (C=O) groups is 1. The Bertz CT molecular complexity index is 402. The maximum Gasteiger partial charge on any atom is 0.253 e. The van der Waals surface area contributed by atoms with Crippen LogP contribution in [0.1, 0.15) is 16.8 Å². The Balaban J connectivity index is 2.04. The van der Waals surface area contributed by atoms with Gasteiger partial charge in [0, 0.05) is 28.3 Å². The summed E-state index contributed by atoms with van der Waals surface area (Å²) in [5.74, 6) is 0.158. The van der Waals surface area contributed by atoms with E-state index in [0.717, 1.165) is 28.6 Å². The van der Waals surface area contributed by atoms with Gasteiger partial charge in [-0.05, 0) is 67.4 Å². The molecule has 1 aliphatic heterocycles. The Morgan fingerprint density at radius 3 is 2.53 bits per heavy atom. The lowest BCUT2D eigenvalue weighted by molar-refractivity contribution is 0.0783. The fourth-order valence-corrected chi connectivity index (χ4v) is 2.48. The zero-order chi connectivity index (χ0) is 12.4. The average Bonchev–Trinajstić information content (AvgIpc) is 2.78. The van der Waals surface area contributed by atoms with Gasteiger partial charge in [-0.15, -0.1) is 0 Å². The summed E-state index contributed by atoms with van der Waals surface area (Å²) in [6, 6.07) is 8.28. The van der Waals surface area contributed by atoms with Crippen molar-refractivity contribution in [2.75, 3.05) is 27.2 Å². The van der Waals surface area contributed by atoms with E-state index in [2.05, 4.69) is 41.6 Å². The highest BCUT2D eigenvalue weighted by molar-refractivity contribution is 14.1. The molecular formula is C13H17IN2O. The molecule has 2 rings (SSSR count). The molecule has 1 heterocycles. The van der Waals surface area contributed by atoms with E-state index in [0.29, 0.717) is 6.04 Å². The van der Waals surface area contributed by atoms with E-state index in [1.54, 1.807) is 0 Å². The molecule has 0 spiro atoms. The van der Waals surface area contributed by atoms with Gasteiger partial charge in [0.25, 0.3) is 5.91 Å². The SMILES string of the molecule is CN(C)[C@@H]1CCN(C(=O)c2ccc(I)cc2)C1. The quantitative estimate of drug-likeness (QED) is 0.767. The topological polar surface area (TPSA) is 23.6 Å². The smallest absolute Gasteiger partial charge is 0.253 e. The summed E-state index contributed by atoms with van der Waals surface area (Å²) in [7, 11) is 4.15. The van der Waals surface area contributed by atoms with Crippen LogP contribution in [0.2, 0.25) is 0 Å². The third kappa shape index (κ3) is 2.98. The molecule has 4 heteroatoms. The molecule has 0 bridgehead atoms. The van der Waals surface area contributed by atoms with E-state index in [-0.39, 0.29) is 5.91 Å². The van der Waals surface area contributed by atoms with Crippen LogP contribution >= 0.6 is 22.6 Å². The summed E-state index contributed by atoms with van der Waals surface area (Å²) in [6.45, 7) is 1.71. The van der Waals surface area contributed by atoms with E-state index in [9.17, 15) is 4.79 Å². The minimum absolute atomic E-state index is 0.158. The molecular weight excluding hydrogens is 327 g/mol. The number of rotatable bonds is 2. The molecule has 1 aromatic rings. The monoisotopic (exact) mass is 344 g/mol. The summed E-state index contributed by atoms with van der Waals surface area (Å²) in [5.41, 5.74) is 0.796. The number of hydrogen-bond acceptors (Lipinski definition) is 2. The molecule has 92 valence electrons. The minimum atomic E-state index is 0.158. The number of benzene rings is 1. The van der Waals surface area contributed by atoms with Crippen molar-refractivity contribution in [3.63, 3.8) is 0 Å². The number of amides is 1. The van der Waals surface area contributed by atoms with Gasteiger partial charge in [-0.3, -0.25) is 4.79 Å². The molecule has 1 aromatic carbocycles. The molecule has 0 unspecified atom stereocenters. The van der Waals surface area contributed by atoms with Crippen molar-refractivity contribution in [3.8, 4) is 0 Å². The highest BCUT2D eigenvalue weighted by atomic mass is 127. The summed E-state index contributed by atoms with van der Waals surface area (Å²) in [4.78, 5) is 16.4. The highest BCUT2D eigenvalue weighted by Crippen LogP contribution is 2.17. The van der Waals surface area contributed by atoms with Gasteiger partial charge >= 0.3 is 0 Å².